The van der Waals surface area contributed by atoms with Crippen LogP contribution in [-0.2, 0) is 9.53 Å². The van der Waals surface area contributed by atoms with Gasteiger partial charge in [-0.05, 0) is 0 Å². The zero-order valence-corrected chi connectivity index (χ0v) is 4.28. The van der Waals surface area contributed by atoms with Crippen molar-refractivity contribution in [3.63, 3.8) is 0 Å². The second-order valence-corrected chi connectivity index (χ2v) is 1.14. The highest BCUT2D eigenvalue weighted by Crippen LogP contribution is 1.80. The van der Waals surface area contributed by atoms with E-state index in [1.165, 1.54) is 0 Å². The van der Waals surface area contributed by atoms with Crippen molar-refractivity contribution in [2.45, 2.75) is 6.29 Å². The molecule has 0 aromatic rings. The first kappa shape index (κ1) is 7.55. The summed E-state index contributed by atoms with van der Waals surface area (Å²) in [4.78, 5) is 9.51. The Kier molecular flexibility index (Phi) is 4.44. The van der Waals surface area contributed by atoms with E-state index in [0.29, 0.717) is 6.29 Å². The highest BCUT2D eigenvalue weighted by Gasteiger charge is 1.97. The summed E-state index contributed by atoms with van der Waals surface area (Å²) >= 11 is 0. The number of ether oxygens (including phenoxy) is 1. The molecule has 0 rings (SSSR count). The first-order valence-corrected chi connectivity index (χ1v) is 2.15. The molecule has 0 aliphatic carbocycles. The Morgan fingerprint density at radius 1 is 1.75 bits per heavy atom. The van der Waals surface area contributed by atoms with Crippen LogP contribution in [0.15, 0.2) is 0 Å². The molecule has 0 radical (unpaired) electrons. The summed E-state index contributed by atoms with van der Waals surface area (Å²) in [5.74, 6) is 0. The zero-order chi connectivity index (χ0) is 6.41. The summed E-state index contributed by atoms with van der Waals surface area (Å²) in [5, 5.41) is 16.4. The standard InChI is InChI=1S/C4H8O4/c5-1-2-8-4(7)3-6/h1,4,6-7H,2-3H2/t4-/m0/s1. The number of aldehydes is 1. The third-order valence-corrected chi connectivity index (χ3v) is 0.513. The molecule has 0 fully saturated rings. The van der Waals surface area contributed by atoms with Gasteiger partial charge >= 0.3 is 0 Å². The minimum Gasteiger partial charge on any atom is -0.391 e. The SMILES string of the molecule is O=CCO[C@H](O)CO. The average Bonchev–Trinajstić information content (AvgIpc) is 1.83. The van der Waals surface area contributed by atoms with E-state index in [4.69, 9.17) is 10.2 Å². The maximum absolute atomic E-state index is 9.51. The number of carbonyl (C=O) groups is 1. The largest absolute Gasteiger partial charge is 0.391 e. The number of rotatable bonds is 4. The molecule has 0 bridgehead atoms. The highest BCUT2D eigenvalue weighted by molar-refractivity contribution is 5.50. The van der Waals surface area contributed by atoms with Gasteiger partial charge in [0, 0.05) is 0 Å². The van der Waals surface area contributed by atoms with Crippen LogP contribution in [-0.4, -0.2) is 36.0 Å². The molecular weight excluding hydrogens is 112 g/mol. The fourth-order valence-corrected chi connectivity index (χ4v) is 0.203. The van der Waals surface area contributed by atoms with Crippen LogP contribution in [0.4, 0.5) is 0 Å². The third kappa shape index (κ3) is 3.73. The number of carbonyl (C=O) groups excluding carboxylic acids is 1. The van der Waals surface area contributed by atoms with E-state index in [0.717, 1.165) is 0 Å². The van der Waals surface area contributed by atoms with Gasteiger partial charge in [0.15, 0.2) is 6.29 Å². The molecule has 48 valence electrons. The van der Waals surface area contributed by atoms with Crippen molar-refractivity contribution in [2.75, 3.05) is 13.2 Å². The van der Waals surface area contributed by atoms with Gasteiger partial charge in [-0.15, -0.1) is 0 Å². The Hall–Kier alpha value is -0.450. The molecule has 0 unspecified atom stereocenters. The predicted molar refractivity (Wildman–Crippen MR) is 25.1 cm³/mol. The van der Waals surface area contributed by atoms with Crippen LogP contribution >= 0.6 is 0 Å². The molecular formula is C4H8O4. The van der Waals surface area contributed by atoms with Crippen molar-refractivity contribution in [3.8, 4) is 0 Å². The van der Waals surface area contributed by atoms with E-state index < -0.39 is 12.9 Å². The van der Waals surface area contributed by atoms with Gasteiger partial charge in [-0.25, -0.2) is 0 Å². The van der Waals surface area contributed by atoms with Gasteiger partial charge in [-0.3, -0.25) is 0 Å². The summed E-state index contributed by atoms with van der Waals surface area (Å²) in [6.07, 6.45) is -0.723. The minimum atomic E-state index is -1.22. The molecule has 0 amide bonds. The van der Waals surface area contributed by atoms with Crippen molar-refractivity contribution in [2.24, 2.45) is 0 Å². The second-order valence-electron chi connectivity index (χ2n) is 1.14. The Balaban J connectivity index is 2.97. The van der Waals surface area contributed by atoms with Crippen molar-refractivity contribution >= 4 is 6.29 Å². The maximum Gasteiger partial charge on any atom is 0.178 e. The van der Waals surface area contributed by atoms with E-state index >= 15 is 0 Å². The first-order valence-electron chi connectivity index (χ1n) is 2.15. The minimum absolute atomic E-state index is 0.179. The molecule has 1 atom stereocenters. The quantitative estimate of drug-likeness (QED) is 0.350. The second kappa shape index (κ2) is 4.70. The molecule has 8 heavy (non-hydrogen) atoms. The number of aliphatic hydroxyl groups is 2. The maximum atomic E-state index is 9.51. The van der Waals surface area contributed by atoms with Gasteiger partial charge in [-0.2, -0.15) is 0 Å². The van der Waals surface area contributed by atoms with Crippen LogP contribution in [0.3, 0.4) is 0 Å². The molecule has 0 aromatic carbocycles. The first-order chi connectivity index (χ1) is 3.81. The van der Waals surface area contributed by atoms with Gasteiger partial charge < -0.3 is 19.7 Å². The molecule has 0 saturated heterocycles. The van der Waals surface area contributed by atoms with Gasteiger partial charge in [0.05, 0.1) is 6.61 Å². The Bertz CT molecular complexity index is 63.1. The smallest absolute Gasteiger partial charge is 0.178 e. The van der Waals surface area contributed by atoms with Gasteiger partial charge in [0.1, 0.15) is 12.9 Å². The molecule has 0 spiro atoms. The van der Waals surface area contributed by atoms with Crippen molar-refractivity contribution in [1.82, 2.24) is 0 Å². The average molecular weight is 120 g/mol. The van der Waals surface area contributed by atoms with E-state index in [2.05, 4.69) is 4.74 Å². The van der Waals surface area contributed by atoms with Gasteiger partial charge in [0.25, 0.3) is 0 Å². The fourth-order valence-electron chi connectivity index (χ4n) is 0.203. The zero-order valence-electron chi connectivity index (χ0n) is 4.28. The molecule has 0 saturated carbocycles. The lowest BCUT2D eigenvalue weighted by Crippen LogP contribution is -2.17. The monoisotopic (exact) mass is 120 g/mol. The Morgan fingerprint density at radius 3 is 2.75 bits per heavy atom. The molecule has 0 aromatic heterocycles. The van der Waals surface area contributed by atoms with Crippen LogP contribution in [0, 0.1) is 0 Å². The molecule has 4 nitrogen and oxygen atoms in total. The Morgan fingerprint density at radius 2 is 2.38 bits per heavy atom. The van der Waals surface area contributed by atoms with E-state index in [9.17, 15) is 4.79 Å². The van der Waals surface area contributed by atoms with Gasteiger partial charge in [0.2, 0.25) is 0 Å². The third-order valence-electron chi connectivity index (χ3n) is 0.513. The summed E-state index contributed by atoms with van der Waals surface area (Å²) in [6, 6.07) is 0. The van der Waals surface area contributed by atoms with E-state index in [1.807, 2.05) is 0 Å². The number of hydrogen-bond donors (Lipinski definition) is 2. The van der Waals surface area contributed by atoms with Crippen LogP contribution in [0.25, 0.3) is 0 Å². The van der Waals surface area contributed by atoms with Crippen molar-refractivity contribution < 1.29 is 19.7 Å². The topological polar surface area (TPSA) is 66.8 Å². The van der Waals surface area contributed by atoms with Gasteiger partial charge in [-0.1, -0.05) is 0 Å². The van der Waals surface area contributed by atoms with E-state index in [-0.39, 0.29) is 6.61 Å². The predicted octanol–water partition coefficient (Wildman–Crippen LogP) is -1.49. The van der Waals surface area contributed by atoms with Crippen molar-refractivity contribution in [3.05, 3.63) is 0 Å². The molecule has 0 aliphatic rings. The lowest BCUT2D eigenvalue weighted by Gasteiger charge is -2.03. The Labute approximate surface area is 46.7 Å². The van der Waals surface area contributed by atoms with Crippen LogP contribution in [0.2, 0.25) is 0 Å². The molecule has 2 N–H and O–H groups in total. The molecule has 0 heterocycles. The number of aliphatic hydroxyl groups excluding tert-OH is 2. The van der Waals surface area contributed by atoms with Crippen LogP contribution < -0.4 is 0 Å². The lowest BCUT2D eigenvalue weighted by molar-refractivity contribution is -0.138. The van der Waals surface area contributed by atoms with E-state index in [1.54, 1.807) is 0 Å². The summed E-state index contributed by atoms with van der Waals surface area (Å²) in [5.41, 5.74) is 0. The summed E-state index contributed by atoms with van der Waals surface area (Å²) in [6.45, 7) is -0.657. The van der Waals surface area contributed by atoms with Crippen LogP contribution in [0.1, 0.15) is 0 Å². The fraction of sp³-hybridized carbons (Fsp3) is 0.750. The van der Waals surface area contributed by atoms with Crippen LogP contribution in [0.5, 0.6) is 0 Å². The summed E-state index contributed by atoms with van der Waals surface area (Å²) in [7, 11) is 0. The molecule has 4 heteroatoms. The normalized spacial score (nSPS) is 13.2. The lowest BCUT2D eigenvalue weighted by atomic mass is 10.7. The highest BCUT2D eigenvalue weighted by atomic mass is 16.6. The molecule has 0 aliphatic heterocycles. The number of hydrogen-bond acceptors (Lipinski definition) is 4. The summed E-state index contributed by atoms with van der Waals surface area (Å²) < 4.78 is 4.28. The van der Waals surface area contributed by atoms with Crippen molar-refractivity contribution in [1.29, 1.82) is 0 Å².